The van der Waals surface area contributed by atoms with Crippen LogP contribution in [0.25, 0.3) is 0 Å². The topological polar surface area (TPSA) is 22.0 Å². The van der Waals surface area contributed by atoms with Gasteiger partial charge in [0.2, 0.25) is 0 Å². The molecule has 0 saturated heterocycles. The summed E-state index contributed by atoms with van der Waals surface area (Å²) in [6.45, 7) is 5.23. The first-order valence-corrected chi connectivity index (χ1v) is 15.7. The second-order valence-corrected chi connectivity index (χ2v) is 25.9. The van der Waals surface area contributed by atoms with Crippen molar-refractivity contribution in [2.24, 2.45) is 5.92 Å². The van der Waals surface area contributed by atoms with Crippen molar-refractivity contribution in [3.8, 4) is 0 Å². The minimum Gasteiger partial charge on any atom is -0.315 e. The number of pyridine rings is 1. The molecule has 1 aromatic heterocycles. The number of aryl methyl sites for hydroxylation is 1. The fourth-order valence-electron chi connectivity index (χ4n) is 2.15. The van der Waals surface area contributed by atoms with Gasteiger partial charge in [-0.1, -0.05) is 19.9 Å². The molecule has 1 rings (SSSR count). The van der Waals surface area contributed by atoms with Crippen molar-refractivity contribution in [1.82, 2.24) is 4.57 Å². The van der Waals surface area contributed by atoms with Crippen LogP contribution in [0.15, 0.2) is 23.1 Å². The highest BCUT2D eigenvalue weighted by Gasteiger charge is 2.19. The Bertz CT molecular complexity index is 522. The summed E-state index contributed by atoms with van der Waals surface area (Å²) in [5, 5.41) is 0. The normalized spacial score (nSPS) is 14.0. The van der Waals surface area contributed by atoms with E-state index in [1.165, 1.54) is 12.2 Å². The molecule has 0 aliphatic rings. The Hall–Kier alpha value is 0.380. The van der Waals surface area contributed by atoms with Gasteiger partial charge in [-0.25, -0.2) is 6.33 Å². The van der Waals surface area contributed by atoms with Gasteiger partial charge >= 0.3 is 0 Å². The molecule has 22 heavy (non-hydrogen) atoms. The first kappa shape index (κ1) is 20.4. The van der Waals surface area contributed by atoms with Gasteiger partial charge in [-0.2, -0.15) is 11.8 Å². The third-order valence-corrected chi connectivity index (χ3v) is 7.87. The number of thioether (sulfide) groups is 1. The lowest BCUT2D eigenvalue weighted by Crippen LogP contribution is -2.23. The van der Waals surface area contributed by atoms with Gasteiger partial charge in [-0.05, 0) is 76.3 Å². The number of halogens is 1. The van der Waals surface area contributed by atoms with Crippen molar-refractivity contribution in [1.29, 1.82) is 0 Å². The molecule has 0 aliphatic heterocycles. The standard InChI is InChI=1S/C17H32INOS2/c1-15(2)9-11-19-10-6-8-16(17(19)20)14-21-12-7-13-22(3,4,5)18/h6,8,10,15,22H,7,9,11-14H2,1-5H3. The number of hydrogen-bond donors (Lipinski definition) is 1. The highest BCUT2D eigenvalue weighted by molar-refractivity contribution is 14.2. The number of rotatable bonds is 9. The summed E-state index contributed by atoms with van der Waals surface area (Å²) < 4.78 is 1.87. The van der Waals surface area contributed by atoms with E-state index in [9.17, 15) is 4.79 Å². The van der Waals surface area contributed by atoms with E-state index in [1.54, 1.807) is 0 Å². The minimum atomic E-state index is -1.39. The van der Waals surface area contributed by atoms with Crippen LogP contribution in [0.1, 0.15) is 32.3 Å². The Morgan fingerprint density at radius 1 is 1.32 bits per heavy atom. The average molecular weight is 457 g/mol. The Kier molecular flexibility index (Phi) is 7.86. The zero-order valence-electron chi connectivity index (χ0n) is 14.6. The van der Waals surface area contributed by atoms with E-state index in [2.05, 4.69) is 53.8 Å². The first-order valence-electron chi connectivity index (χ1n) is 8.03. The molecular weight excluding hydrogens is 425 g/mol. The van der Waals surface area contributed by atoms with Crippen LogP contribution in [0.4, 0.5) is 0 Å². The number of thiol groups is 1. The van der Waals surface area contributed by atoms with E-state index in [0.717, 1.165) is 30.0 Å². The van der Waals surface area contributed by atoms with E-state index in [1.807, 2.05) is 34.7 Å². The molecule has 1 heterocycles. The largest absolute Gasteiger partial charge is 0.315 e. The molecule has 1 aromatic rings. The summed E-state index contributed by atoms with van der Waals surface area (Å²) in [7, 11) is 0. The molecule has 0 atom stereocenters. The lowest BCUT2D eigenvalue weighted by atomic mass is 10.1. The zero-order valence-corrected chi connectivity index (χ0v) is 18.5. The van der Waals surface area contributed by atoms with E-state index in [0.29, 0.717) is 5.92 Å². The van der Waals surface area contributed by atoms with E-state index in [-0.39, 0.29) is 5.56 Å². The lowest BCUT2D eigenvalue weighted by Gasteiger charge is -2.44. The predicted molar refractivity (Wildman–Crippen MR) is 117 cm³/mol. The molecule has 5 heteroatoms. The highest BCUT2D eigenvalue weighted by Crippen LogP contribution is 2.67. The summed E-state index contributed by atoms with van der Waals surface area (Å²) in [6, 6.07) is 4.00. The average Bonchev–Trinajstić information content (AvgIpc) is 2.36. The van der Waals surface area contributed by atoms with Crippen LogP contribution < -0.4 is 5.56 Å². The maximum atomic E-state index is 12.4. The molecule has 0 aliphatic carbocycles. The third-order valence-electron chi connectivity index (χ3n) is 3.51. The van der Waals surface area contributed by atoms with Crippen LogP contribution in [0.2, 0.25) is 0 Å². The maximum Gasteiger partial charge on any atom is 0.254 e. The maximum absolute atomic E-state index is 12.4. The molecule has 0 radical (unpaired) electrons. The van der Waals surface area contributed by atoms with Crippen LogP contribution >= 0.6 is 39.3 Å². The summed E-state index contributed by atoms with van der Waals surface area (Å²) in [5.41, 5.74) is 1.15. The van der Waals surface area contributed by atoms with Crippen LogP contribution in [-0.2, 0) is 12.3 Å². The van der Waals surface area contributed by atoms with Gasteiger partial charge < -0.3 is 4.57 Å². The molecule has 0 amide bonds. The molecule has 130 valence electrons. The van der Waals surface area contributed by atoms with Crippen LogP contribution in [0.3, 0.4) is 0 Å². The molecule has 0 saturated carbocycles. The molecule has 0 fully saturated rings. The molecule has 0 N–H and O–H groups in total. The van der Waals surface area contributed by atoms with E-state index >= 15 is 0 Å². The van der Waals surface area contributed by atoms with Gasteiger partial charge in [0.25, 0.3) is 5.56 Å². The van der Waals surface area contributed by atoms with Gasteiger partial charge in [0.1, 0.15) is 0 Å². The predicted octanol–water partition coefficient (Wildman–Crippen LogP) is 4.83. The molecular formula is C17H32INOS2. The number of hydrogen-bond acceptors (Lipinski definition) is 2. The minimum absolute atomic E-state index is 0.200. The second-order valence-electron chi connectivity index (χ2n) is 7.76. The van der Waals surface area contributed by atoms with Gasteiger partial charge in [0.05, 0.1) is 0 Å². The molecule has 0 spiro atoms. The second kappa shape index (κ2) is 8.47. The summed E-state index contributed by atoms with van der Waals surface area (Å²) >= 11 is 4.56. The van der Waals surface area contributed by atoms with Crippen molar-refractivity contribution in [3.63, 3.8) is 0 Å². The van der Waals surface area contributed by atoms with Gasteiger partial charge in [0, 0.05) is 24.1 Å². The molecule has 0 bridgehead atoms. The summed E-state index contributed by atoms with van der Waals surface area (Å²) in [5.74, 6) is 3.95. The summed E-state index contributed by atoms with van der Waals surface area (Å²) in [6.07, 6.45) is 10.1. The van der Waals surface area contributed by atoms with Crippen LogP contribution in [-0.4, -0.2) is 34.8 Å². The lowest BCUT2D eigenvalue weighted by molar-refractivity contribution is 0.507. The van der Waals surface area contributed by atoms with Crippen LogP contribution in [0.5, 0.6) is 0 Å². The van der Waals surface area contributed by atoms with Gasteiger partial charge in [0.15, 0.2) is 0 Å². The van der Waals surface area contributed by atoms with Crippen LogP contribution in [0, 0.1) is 5.92 Å². The first-order chi connectivity index (χ1) is 10.0. The Morgan fingerprint density at radius 2 is 2.00 bits per heavy atom. The van der Waals surface area contributed by atoms with Crippen molar-refractivity contribution >= 4 is 39.3 Å². The summed E-state index contributed by atoms with van der Waals surface area (Å²) in [4.78, 5) is 12.4. The van der Waals surface area contributed by atoms with E-state index < -0.39 is 6.33 Å². The molecule has 0 unspecified atom stereocenters. The highest BCUT2D eigenvalue weighted by atomic mass is 127. The van der Waals surface area contributed by atoms with Crippen molar-refractivity contribution in [2.45, 2.75) is 39.0 Å². The van der Waals surface area contributed by atoms with Gasteiger partial charge in [-0.3, -0.25) is 4.79 Å². The quantitative estimate of drug-likeness (QED) is 0.326. The third kappa shape index (κ3) is 8.87. The smallest absolute Gasteiger partial charge is 0.254 e. The molecule has 2 nitrogen and oxygen atoms in total. The fraction of sp³-hybridized carbons (Fsp3) is 0.706. The molecule has 0 aromatic carbocycles. The zero-order chi connectivity index (χ0) is 16.8. The Balaban J connectivity index is 2.47. The monoisotopic (exact) mass is 457 g/mol. The number of nitrogens with zero attached hydrogens (tertiary/aromatic N) is 1. The SMILES string of the molecule is CC(C)CCn1cccc(CSCCC[SH](C)(C)(C)I)c1=O. The van der Waals surface area contributed by atoms with Crippen molar-refractivity contribution < 1.29 is 0 Å². The Morgan fingerprint density at radius 3 is 2.59 bits per heavy atom. The van der Waals surface area contributed by atoms with Gasteiger partial charge in [-0.15, -0.1) is 0 Å². The number of aromatic nitrogens is 1. The van der Waals surface area contributed by atoms with E-state index in [4.69, 9.17) is 0 Å². The fourth-order valence-corrected chi connectivity index (χ4v) is 5.55. The van der Waals surface area contributed by atoms with Crippen molar-refractivity contribution in [3.05, 3.63) is 34.2 Å². The van der Waals surface area contributed by atoms with Crippen molar-refractivity contribution in [2.75, 3.05) is 30.3 Å². The Labute approximate surface area is 152 Å².